The third-order valence-electron chi connectivity index (χ3n) is 7.40. The largest absolute Gasteiger partial charge is 0.504 e. The van der Waals surface area contributed by atoms with Gasteiger partial charge in [0.25, 0.3) is 0 Å². The van der Waals surface area contributed by atoms with Gasteiger partial charge in [0, 0.05) is 57.6 Å². The van der Waals surface area contributed by atoms with E-state index in [0.717, 1.165) is 0 Å². The molecule has 10 nitrogen and oxygen atoms in total. The maximum Gasteiger partial charge on any atom is 0.230 e. The van der Waals surface area contributed by atoms with Crippen LogP contribution in [0.15, 0.2) is 21.7 Å². The van der Waals surface area contributed by atoms with Gasteiger partial charge in [0.15, 0.2) is 33.9 Å². The lowest BCUT2D eigenvalue weighted by atomic mass is 9.82. The molecule has 0 aromatic heterocycles. The Morgan fingerprint density at radius 2 is 1.08 bits per heavy atom. The van der Waals surface area contributed by atoms with Gasteiger partial charge in [-0.1, -0.05) is 0 Å². The first kappa shape index (κ1) is 25.0. The van der Waals surface area contributed by atoms with Crippen molar-refractivity contribution in [2.24, 2.45) is 0 Å². The number of aromatic hydroxyl groups is 2. The van der Waals surface area contributed by atoms with Gasteiger partial charge >= 0.3 is 0 Å². The third-order valence-corrected chi connectivity index (χ3v) is 7.40. The second-order valence-corrected chi connectivity index (χ2v) is 9.98. The van der Waals surface area contributed by atoms with Gasteiger partial charge < -0.3 is 39.4 Å². The number of hydrogen-bond acceptors (Lipinski definition) is 10. The quantitative estimate of drug-likeness (QED) is 0.189. The summed E-state index contributed by atoms with van der Waals surface area (Å²) in [5.41, 5.74) is -0.314. The van der Waals surface area contributed by atoms with Crippen molar-refractivity contribution in [1.82, 2.24) is 0 Å². The number of phenols is 2. The Bertz CT molecular complexity index is 1790. The number of ether oxygens (including phenoxy) is 4. The fourth-order valence-corrected chi connectivity index (χ4v) is 6.13. The van der Waals surface area contributed by atoms with Gasteiger partial charge in [0.1, 0.15) is 11.5 Å². The molecular weight excluding hydrogens is 508 g/mol. The van der Waals surface area contributed by atoms with E-state index in [-0.39, 0.29) is 53.4 Å². The van der Waals surface area contributed by atoms with Crippen LogP contribution in [0.4, 0.5) is 0 Å². The van der Waals surface area contributed by atoms with E-state index in [1.165, 1.54) is 26.4 Å². The maximum absolute atomic E-state index is 13.5. The van der Waals surface area contributed by atoms with Crippen LogP contribution < -0.4 is 29.8 Å². The van der Waals surface area contributed by atoms with Crippen LogP contribution in [-0.4, -0.2) is 53.6 Å². The summed E-state index contributed by atoms with van der Waals surface area (Å²) in [5.74, 6) is -0.447. The first-order valence-electron chi connectivity index (χ1n) is 12.4. The average molecular weight is 535 g/mol. The number of fused-ring (bicyclic) bond motifs is 1. The number of aliphatic hydroxyl groups excluding tert-OH is 2. The number of benzene rings is 5. The Morgan fingerprint density at radius 1 is 0.692 bits per heavy atom. The van der Waals surface area contributed by atoms with Crippen LogP contribution in [-0.2, 0) is 12.8 Å². The number of phenolic OH excluding ortho intramolecular Hbond substituents is 2. The summed E-state index contributed by atoms with van der Waals surface area (Å²) in [6, 6.07) is 2.49. The molecule has 1 heterocycles. The zero-order chi connectivity index (χ0) is 27.9. The highest BCUT2D eigenvalue weighted by Gasteiger charge is 2.33. The standard InChI is InChI=1S/C29H26O10/c1-10(30)5-12-18-19-13(6-11(2)31)29(37-4)27(35)21-15(33)8-17-23(25(19)21)22-16(38-9-39-17)7-14(32)20(24(18)22)26(34)28(12)36-3/h7-8,10-11,30-31,34-35H,5-6,9H2,1-4H3/t10-,11+. The van der Waals surface area contributed by atoms with Crippen LogP contribution in [0.3, 0.4) is 0 Å². The summed E-state index contributed by atoms with van der Waals surface area (Å²) in [6.07, 6.45) is -1.76. The van der Waals surface area contributed by atoms with E-state index in [1.807, 2.05) is 0 Å². The molecule has 0 bridgehead atoms. The Kier molecular flexibility index (Phi) is 5.53. The summed E-state index contributed by atoms with van der Waals surface area (Å²) in [6.45, 7) is 2.86. The second-order valence-electron chi connectivity index (χ2n) is 9.98. The number of aliphatic hydroxyl groups is 2. The van der Waals surface area contributed by atoms with Crippen molar-refractivity contribution in [3.63, 3.8) is 0 Å². The van der Waals surface area contributed by atoms with Crippen molar-refractivity contribution in [2.75, 3.05) is 21.0 Å². The molecule has 0 aliphatic carbocycles. The lowest BCUT2D eigenvalue weighted by Gasteiger charge is -2.25. The number of methoxy groups -OCH3 is 2. The van der Waals surface area contributed by atoms with Crippen molar-refractivity contribution in [3.05, 3.63) is 43.7 Å². The second kappa shape index (κ2) is 8.62. The Balaban J connectivity index is 2.13. The van der Waals surface area contributed by atoms with Gasteiger partial charge in [-0.2, -0.15) is 0 Å². The first-order chi connectivity index (χ1) is 18.6. The van der Waals surface area contributed by atoms with Crippen LogP contribution in [0, 0.1) is 0 Å². The maximum atomic E-state index is 13.5. The van der Waals surface area contributed by atoms with E-state index >= 15 is 0 Å². The minimum atomic E-state index is -0.891. The molecule has 5 aromatic carbocycles. The molecule has 10 heteroatoms. The van der Waals surface area contributed by atoms with Crippen LogP contribution in [0.5, 0.6) is 34.5 Å². The van der Waals surface area contributed by atoms with E-state index in [0.29, 0.717) is 43.4 Å². The van der Waals surface area contributed by atoms with Gasteiger partial charge in [-0.3, -0.25) is 9.59 Å². The number of rotatable bonds is 6. The zero-order valence-corrected chi connectivity index (χ0v) is 21.7. The van der Waals surface area contributed by atoms with E-state index < -0.39 is 34.6 Å². The van der Waals surface area contributed by atoms with Crippen molar-refractivity contribution in [2.45, 2.75) is 38.9 Å². The van der Waals surface area contributed by atoms with Gasteiger partial charge in [-0.15, -0.1) is 0 Å². The molecule has 39 heavy (non-hydrogen) atoms. The van der Waals surface area contributed by atoms with Gasteiger partial charge in [-0.25, -0.2) is 0 Å². The smallest absolute Gasteiger partial charge is 0.230 e. The van der Waals surface area contributed by atoms with Crippen molar-refractivity contribution in [1.29, 1.82) is 0 Å². The Morgan fingerprint density at radius 3 is 1.41 bits per heavy atom. The lowest BCUT2D eigenvalue weighted by Crippen LogP contribution is -2.13. The van der Waals surface area contributed by atoms with Gasteiger partial charge in [0.05, 0.1) is 37.2 Å². The molecule has 0 fully saturated rings. The van der Waals surface area contributed by atoms with Crippen LogP contribution in [0.1, 0.15) is 25.0 Å². The monoisotopic (exact) mass is 534 g/mol. The first-order valence-corrected chi connectivity index (χ1v) is 12.4. The summed E-state index contributed by atoms with van der Waals surface area (Å²) >= 11 is 0. The zero-order valence-electron chi connectivity index (χ0n) is 21.7. The Hall–Kier alpha value is -4.28. The molecule has 0 spiro atoms. The minimum absolute atomic E-state index is 0.00798. The molecule has 202 valence electrons. The fourth-order valence-electron chi connectivity index (χ4n) is 6.13. The molecule has 0 saturated heterocycles. The van der Waals surface area contributed by atoms with Crippen LogP contribution in [0.2, 0.25) is 0 Å². The van der Waals surface area contributed by atoms with E-state index in [1.54, 1.807) is 13.8 Å². The Labute approximate surface area is 220 Å². The molecule has 4 N–H and O–H groups in total. The molecular formula is C29H26O10. The molecule has 1 aliphatic rings. The SMILES string of the molecule is COc1c(O)c2c(=O)cc3c4c5c(cc(=O)c6c(O)c(OC)c(C[C@@H](C)O)c(c(c1C[C@H](C)O)c24)c65)OCO3. The summed E-state index contributed by atoms with van der Waals surface area (Å²) in [7, 11) is 2.69. The summed E-state index contributed by atoms with van der Waals surface area (Å²) < 4.78 is 22.8. The van der Waals surface area contributed by atoms with E-state index in [9.17, 15) is 30.0 Å². The fraction of sp³-hybridized carbons (Fsp3) is 0.310. The minimum Gasteiger partial charge on any atom is -0.504 e. The lowest BCUT2D eigenvalue weighted by molar-refractivity contribution is 0.125. The number of hydrogen-bond donors (Lipinski definition) is 4. The highest BCUT2D eigenvalue weighted by molar-refractivity contribution is 6.38. The molecule has 5 aromatic rings. The van der Waals surface area contributed by atoms with E-state index in [4.69, 9.17) is 18.9 Å². The molecule has 1 aliphatic heterocycles. The van der Waals surface area contributed by atoms with Gasteiger partial charge in [-0.05, 0) is 24.6 Å². The summed E-state index contributed by atoms with van der Waals surface area (Å²) in [5, 5.41) is 45.9. The third kappa shape index (κ3) is 3.28. The van der Waals surface area contributed by atoms with E-state index in [2.05, 4.69) is 0 Å². The van der Waals surface area contributed by atoms with Gasteiger partial charge in [0.2, 0.25) is 6.79 Å². The van der Waals surface area contributed by atoms with Crippen LogP contribution in [0.25, 0.3) is 43.1 Å². The van der Waals surface area contributed by atoms with Crippen molar-refractivity contribution in [3.8, 4) is 34.5 Å². The normalized spacial score (nSPS) is 14.6. The molecule has 0 saturated carbocycles. The molecule has 2 atom stereocenters. The molecule has 0 radical (unpaired) electrons. The molecule has 0 amide bonds. The molecule has 0 unspecified atom stereocenters. The van der Waals surface area contributed by atoms with Crippen molar-refractivity contribution < 1.29 is 39.4 Å². The van der Waals surface area contributed by atoms with Crippen molar-refractivity contribution >= 4 is 43.1 Å². The predicted molar refractivity (Wildman–Crippen MR) is 145 cm³/mol. The highest BCUT2D eigenvalue weighted by atomic mass is 16.7. The predicted octanol–water partition coefficient (Wildman–Crippen LogP) is 2.90. The summed E-state index contributed by atoms with van der Waals surface area (Å²) in [4.78, 5) is 26.9. The highest BCUT2D eigenvalue weighted by Crippen LogP contribution is 2.55. The average Bonchev–Trinajstić information content (AvgIpc) is 3.03. The van der Waals surface area contributed by atoms with Crippen LogP contribution >= 0.6 is 0 Å². The topological polar surface area (TPSA) is 152 Å². The molecule has 6 rings (SSSR count).